The number of para-hydroxylation sites is 1. The number of nitrogens with zero attached hydrogens (tertiary/aromatic N) is 5. The fourth-order valence-electron chi connectivity index (χ4n) is 7.75. The third-order valence-corrected chi connectivity index (χ3v) is 9.89. The molecule has 0 aliphatic heterocycles. The molecule has 0 bridgehead atoms. The van der Waals surface area contributed by atoms with Crippen molar-refractivity contribution in [2.45, 2.75) is 0 Å². The zero-order valence-corrected chi connectivity index (χ0v) is 26.6. The SMILES string of the molecule is c1ccc(-c2ccc3c4c5ccccc5c5c6ccccc6oc5c4n(-c4nc(-c5ccccn5)c5c(ccc6ccccc65)n4)c3c2)nc1. The summed E-state index contributed by atoms with van der Waals surface area (Å²) in [7, 11) is 0. The van der Waals surface area contributed by atoms with Crippen LogP contribution in [0.1, 0.15) is 0 Å². The molecule has 0 aliphatic rings. The normalized spacial score (nSPS) is 12.0. The molecule has 0 spiro atoms. The lowest BCUT2D eigenvalue weighted by Gasteiger charge is -2.13. The highest BCUT2D eigenvalue weighted by molar-refractivity contribution is 6.35. The van der Waals surface area contributed by atoms with E-state index < -0.39 is 0 Å². The molecular weight excluding hydrogens is 615 g/mol. The molecule has 0 amide bonds. The van der Waals surface area contributed by atoms with E-state index in [-0.39, 0.29) is 0 Å². The summed E-state index contributed by atoms with van der Waals surface area (Å²) in [6.45, 7) is 0. The number of hydrogen-bond donors (Lipinski definition) is 0. The first-order valence-corrected chi connectivity index (χ1v) is 16.6. The van der Waals surface area contributed by atoms with Crippen molar-refractivity contribution in [3.63, 3.8) is 0 Å². The Balaban J connectivity index is 1.37. The summed E-state index contributed by atoms with van der Waals surface area (Å²) < 4.78 is 9.03. The zero-order chi connectivity index (χ0) is 32.8. The van der Waals surface area contributed by atoms with Crippen LogP contribution in [0.25, 0.3) is 105 Å². The molecule has 11 aromatic rings. The first kappa shape index (κ1) is 27.1. The number of rotatable bonds is 3. The van der Waals surface area contributed by atoms with E-state index in [1.165, 1.54) is 0 Å². The number of pyridine rings is 2. The molecule has 0 unspecified atom stereocenters. The van der Waals surface area contributed by atoms with Gasteiger partial charge in [0, 0.05) is 44.9 Å². The van der Waals surface area contributed by atoms with Crippen LogP contribution in [0.5, 0.6) is 0 Å². The Morgan fingerprint density at radius 1 is 0.500 bits per heavy atom. The predicted molar refractivity (Wildman–Crippen MR) is 203 cm³/mol. The molecule has 5 heterocycles. The van der Waals surface area contributed by atoms with Gasteiger partial charge in [-0.05, 0) is 64.0 Å². The molecule has 0 N–H and O–H groups in total. The fraction of sp³-hybridized carbons (Fsp3) is 0. The minimum Gasteiger partial charge on any atom is -0.454 e. The molecule has 0 fully saturated rings. The first-order chi connectivity index (χ1) is 24.8. The van der Waals surface area contributed by atoms with Crippen molar-refractivity contribution in [1.29, 1.82) is 0 Å². The second-order valence-electron chi connectivity index (χ2n) is 12.6. The second-order valence-corrected chi connectivity index (χ2v) is 12.6. The van der Waals surface area contributed by atoms with Crippen LogP contribution >= 0.6 is 0 Å². The van der Waals surface area contributed by atoms with Crippen molar-refractivity contribution >= 4 is 76.2 Å². The number of hydrogen-bond acceptors (Lipinski definition) is 5. The fourth-order valence-corrected chi connectivity index (χ4v) is 7.75. The van der Waals surface area contributed by atoms with Crippen molar-refractivity contribution < 1.29 is 4.42 Å². The largest absolute Gasteiger partial charge is 0.454 e. The standard InChI is InChI=1S/C44H25N5O/c1-2-12-28-26(11-1)20-22-34-40(28)41(35-17-8-10-24-46-35)48-44(47-34)49-36-25-27(33-16-7-9-23-45-33)19-21-31(36)38-29-13-3-4-14-30(29)39-32-15-5-6-18-37(32)50-43(39)42(38)49/h1-25H. The summed E-state index contributed by atoms with van der Waals surface area (Å²) in [5, 5.41) is 9.81. The quantitative estimate of drug-likeness (QED) is 0.180. The van der Waals surface area contributed by atoms with Crippen LogP contribution in [-0.4, -0.2) is 24.5 Å². The molecule has 0 atom stereocenters. The molecule has 0 radical (unpaired) electrons. The summed E-state index contributed by atoms with van der Waals surface area (Å²) in [5.74, 6) is 0.545. The molecular formula is C44H25N5O. The highest BCUT2D eigenvalue weighted by Crippen LogP contribution is 2.46. The van der Waals surface area contributed by atoms with Crippen molar-refractivity contribution in [2.24, 2.45) is 0 Å². The van der Waals surface area contributed by atoms with E-state index in [0.717, 1.165) is 98.8 Å². The topological polar surface area (TPSA) is 69.6 Å². The number of furan rings is 1. The minimum atomic E-state index is 0.545. The van der Waals surface area contributed by atoms with Crippen LogP contribution in [0, 0.1) is 0 Å². The van der Waals surface area contributed by atoms with Crippen LogP contribution < -0.4 is 0 Å². The van der Waals surface area contributed by atoms with Crippen molar-refractivity contribution in [3.05, 3.63) is 152 Å². The van der Waals surface area contributed by atoms with Gasteiger partial charge in [0.25, 0.3) is 0 Å². The Bertz CT molecular complexity index is 3150. The Labute approximate surface area is 284 Å². The minimum absolute atomic E-state index is 0.545. The number of benzene rings is 6. The third-order valence-electron chi connectivity index (χ3n) is 9.89. The first-order valence-electron chi connectivity index (χ1n) is 16.6. The lowest BCUT2D eigenvalue weighted by atomic mass is 9.98. The van der Waals surface area contributed by atoms with Gasteiger partial charge in [0.15, 0.2) is 5.58 Å². The lowest BCUT2D eigenvalue weighted by molar-refractivity contribution is 0.671. The maximum Gasteiger partial charge on any atom is 0.235 e. The average Bonchev–Trinajstić information content (AvgIpc) is 3.75. The molecule has 232 valence electrons. The molecule has 11 rings (SSSR count). The van der Waals surface area contributed by atoms with Gasteiger partial charge in [-0.1, -0.05) is 97.1 Å². The van der Waals surface area contributed by atoms with Crippen LogP contribution in [0.2, 0.25) is 0 Å². The Morgan fingerprint density at radius 2 is 1.20 bits per heavy atom. The van der Waals surface area contributed by atoms with E-state index in [4.69, 9.17) is 24.4 Å². The highest BCUT2D eigenvalue weighted by Gasteiger charge is 2.25. The van der Waals surface area contributed by atoms with E-state index in [1.807, 2.05) is 60.9 Å². The Morgan fingerprint density at radius 3 is 2.00 bits per heavy atom. The molecule has 6 aromatic carbocycles. The molecule has 0 saturated carbocycles. The Hall–Kier alpha value is -6.92. The molecule has 50 heavy (non-hydrogen) atoms. The van der Waals surface area contributed by atoms with Crippen LogP contribution in [0.3, 0.4) is 0 Å². The van der Waals surface area contributed by atoms with E-state index in [1.54, 1.807) is 0 Å². The molecule has 6 nitrogen and oxygen atoms in total. The number of aromatic nitrogens is 5. The van der Waals surface area contributed by atoms with E-state index >= 15 is 0 Å². The summed E-state index contributed by atoms with van der Waals surface area (Å²) in [6.07, 6.45) is 3.65. The van der Waals surface area contributed by atoms with Gasteiger partial charge >= 0.3 is 0 Å². The Kier molecular flexibility index (Phi) is 5.57. The van der Waals surface area contributed by atoms with Crippen LogP contribution in [0.15, 0.2) is 156 Å². The lowest BCUT2D eigenvalue weighted by Crippen LogP contribution is -2.04. The van der Waals surface area contributed by atoms with E-state index in [0.29, 0.717) is 5.95 Å². The van der Waals surface area contributed by atoms with Crippen molar-refractivity contribution in [3.8, 4) is 28.6 Å². The maximum atomic E-state index is 6.84. The van der Waals surface area contributed by atoms with Gasteiger partial charge in [-0.15, -0.1) is 0 Å². The van der Waals surface area contributed by atoms with Crippen molar-refractivity contribution in [1.82, 2.24) is 24.5 Å². The molecule has 0 saturated heterocycles. The second kappa shape index (κ2) is 10.3. The van der Waals surface area contributed by atoms with Gasteiger partial charge < -0.3 is 4.42 Å². The number of fused-ring (bicyclic) bond motifs is 13. The molecule has 5 aromatic heterocycles. The van der Waals surface area contributed by atoms with Crippen LogP contribution in [-0.2, 0) is 0 Å². The van der Waals surface area contributed by atoms with Gasteiger partial charge in [-0.25, -0.2) is 9.97 Å². The summed E-state index contributed by atoms with van der Waals surface area (Å²) in [4.78, 5) is 20.3. The molecule has 6 heteroatoms. The van der Waals surface area contributed by atoms with Gasteiger partial charge in [0.1, 0.15) is 16.8 Å². The van der Waals surface area contributed by atoms with Gasteiger partial charge in [-0.2, -0.15) is 0 Å². The maximum absolute atomic E-state index is 6.84. The summed E-state index contributed by atoms with van der Waals surface area (Å²) in [5.41, 5.74) is 7.83. The predicted octanol–water partition coefficient (Wildman–Crippen LogP) is 11.1. The average molecular weight is 640 g/mol. The summed E-state index contributed by atoms with van der Waals surface area (Å²) in [6, 6.07) is 48.0. The monoisotopic (exact) mass is 639 g/mol. The van der Waals surface area contributed by atoms with Crippen LogP contribution in [0.4, 0.5) is 0 Å². The summed E-state index contributed by atoms with van der Waals surface area (Å²) >= 11 is 0. The van der Waals surface area contributed by atoms with Gasteiger partial charge in [-0.3, -0.25) is 14.5 Å². The molecule has 0 aliphatic carbocycles. The van der Waals surface area contributed by atoms with Gasteiger partial charge in [0.05, 0.1) is 22.4 Å². The van der Waals surface area contributed by atoms with Gasteiger partial charge in [0.2, 0.25) is 5.95 Å². The highest BCUT2D eigenvalue weighted by atomic mass is 16.3. The van der Waals surface area contributed by atoms with E-state index in [9.17, 15) is 0 Å². The van der Waals surface area contributed by atoms with E-state index in [2.05, 4.69) is 95.6 Å². The van der Waals surface area contributed by atoms with Crippen molar-refractivity contribution in [2.75, 3.05) is 0 Å². The smallest absolute Gasteiger partial charge is 0.235 e. The zero-order valence-electron chi connectivity index (χ0n) is 26.6. The third kappa shape index (κ3) is 3.78.